The number of rotatable bonds is 5. The Morgan fingerprint density at radius 2 is 1.32 bits per heavy atom. The van der Waals surface area contributed by atoms with E-state index < -0.39 is 18.3 Å². The molecule has 0 fully saturated rings. The minimum absolute atomic E-state index is 1.00. The quantitative estimate of drug-likeness (QED) is 0.204. The molecule has 0 aliphatic heterocycles. The Bertz CT molecular complexity index is 1640. The monoisotopic (exact) mass is 573 g/mol. The molecular weight excluding hydrogens is 538 g/mol. The summed E-state index contributed by atoms with van der Waals surface area (Å²) in [5.41, 5.74) is 11.3. The molecule has 0 unspecified atom stereocenters. The Kier molecular flexibility index (Phi) is 6.16. The molecule has 0 bridgehead atoms. The van der Waals surface area contributed by atoms with Crippen molar-refractivity contribution in [3.63, 3.8) is 0 Å². The molecule has 0 saturated carbocycles. The molecule has 0 aromatic heterocycles. The molecule has 0 spiro atoms. The van der Waals surface area contributed by atoms with Crippen molar-refractivity contribution in [2.45, 2.75) is 29.0 Å². The molecule has 2 aliphatic carbocycles. The van der Waals surface area contributed by atoms with Gasteiger partial charge in [-0.25, -0.2) is 0 Å². The molecule has 2 aliphatic rings. The van der Waals surface area contributed by atoms with E-state index >= 15 is 0 Å². The number of hydrogen-bond acceptors (Lipinski definition) is 1. The number of allylic oxidation sites excluding steroid dienone is 4. The summed E-state index contributed by atoms with van der Waals surface area (Å²) < 4.78 is 10.3. The molecule has 6 rings (SSSR count). The van der Waals surface area contributed by atoms with Gasteiger partial charge in [0.05, 0.1) is 0 Å². The van der Waals surface area contributed by atoms with Crippen molar-refractivity contribution >= 4 is 12.2 Å². The average molecular weight is 575 g/mol. The number of anilines is 1. The third-order valence-electron chi connectivity index (χ3n) is 9.08. The van der Waals surface area contributed by atoms with Gasteiger partial charge < -0.3 is 0 Å². The minimum atomic E-state index is -4.29. The van der Waals surface area contributed by atoms with Gasteiger partial charge in [-0.3, -0.25) is 0 Å². The normalized spacial score (nSPS) is 14.5. The van der Waals surface area contributed by atoms with Crippen LogP contribution in [0, 0.1) is 0 Å². The Balaban J connectivity index is 1.87. The Hall–Kier alpha value is -3.09. The maximum atomic E-state index is 2.71. The molecule has 0 heterocycles. The summed E-state index contributed by atoms with van der Waals surface area (Å²) in [7, 11) is 4.44. The zero-order valence-corrected chi connectivity index (χ0v) is 25.7. The predicted octanol–water partition coefficient (Wildman–Crippen LogP) is 8.24. The van der Waals surface area contributed by atoms with Crippen molar-refractivity contribution in [3.05, 3.63) is 140 Å². The average Bonchev–Trinajstić information content (AvgIpc) is 3.53. The van der Waals surface area contributed by atoms with Crippen LogP contribution >= 0.6 is 0 Å². The van der Waals surface area contributed by atoms with Crippen LogP contribution < -0.4 is 8.17 Å². The fourth-order valence-electron chi connectivity index (χ4n) is 7.28. The summed E-state index contributed by atoms with van der Waals surface area (Å²) >= 11 is -4.29. The van der Waals surface area contributed by atoms with Gasteiger partial charge in [-0.05, 0) is 0 Å². The van der Waals surface area contributed by atoms with Crippen molar-refractivity contribution in [2.75, 3.05) is 19.0 Å². The molecule has 190 valence electrons. The first kappa shape index (κ1) is 25.2. The number of fused-ring (bicyclic) bond motifs is 3. The fraction of sp³-hybridized carbons (Fsp3) is 0.194. The summed E-state index contributed by atoms with van der Waals surface area (Å²) in [6.07, 6.45) is 7.02. The van der Waals surface area contributed by atoms with Crippen LogP contribution in [0.15, 0.2) is 118 Å². The first-order valence-corrected chi connectivity index (χ1v) is 22.4. The van der Waals surface area contributed by atoms with Crippen LogP contribution in [0.4, 0.5) is 5.69 Å². The van der Waals surface area contributed by atoms with Crippen LogP contribution in [0.5, 0.6) is 0 Å². The van der Waals surface area contributed by atoms with Gasteiger partial charge in [0.1, 0.15) is 0 Å². The number of hydrogen-bond donors (Lipinski definition) is 0. The summed E-state index contributed by atoms with van der Waals surface area (Å²) in [5, 5.41) is 0. The molecule has 0 radical (unpaired) electrons. The second-order valence-corrected chi connectivity index (χ2v) is 27.7. The molecule has 1 nitrogen and oxygen atoms in total. The number of nitrogens with zero attached hydrogens (tertiary/aromatic N) is 1. The standard InChI is InChI=1S/C15H14N.C13H10.C6H7.2CH3.Zr/c1-16(2)13-7-8-15-12(10-13)9-11-5-3-4-6-14(11)15;1-3-7-12(8-4-1)11-13-9-5-2-6-10-13;1-6-4-2-3-5-6;;;/h3-8H,9H2,1-2H3;1-10H;4-5H,2H2,1H3;2*1H3;. The first-order valence-electron chi connectivity index (χ1n) is 13.8. The van der Waals surface area contributed by atoms with Gasteiger partial charge in [0.15, 0.2) is 0 Å². The van der Waals surface area contributed by atoms with E-state index in [-0.39, 0.29) is 0 Å². The van der Waals surface area contributed by atoms with E-state index in [1.54, 1.807) is 15.3 Å². The molecule has 4 aromatic rings. The van der Waals surface area contributed by atoms with E-state index in [2.05, 4.69) is 144 Å². The Morgan fingerprint density at radius 3 is 1.89 bits per heavy atom. The van der Waals surface area contributed by atoms with Crippen molar-refractivity contribution < 1.29 is 18.3 Å². The van der Waals surface area contributed by atoms with E-state index in [0.29, 0.717) is 0 Å². The van der Waals surface area contributed by atoms with Crippen LogP contribution in [0.3, 0.4) is 0 Å². The van der Waals surface area contributed by atoms with E-state index in [9.17, 15) is 0 Å². The summed E-state index contributed by atoms with van der Waals surface area (Å²) in [6, 6.07) is 36.3. The molecule has 2 heteroatoms. The van der Waals surface area contributed by atoms with E-state index in [1.807, 2.05) is 0 Å². The predicted molar refractivity (Wildman–Crippen MR) is 163 cm³/mol. The Labute approximate surface area is 228 Å². The number of benzene rings is 4. The molecular formula is C36H37NZr. The molecule has 4 aromatic carbocycles. The summed E-state index contributed by atoms with van der Waals surface area (Å²) in [5.74, 6) is 0. The fourth-order valence-corrected chi connectivity index (χ4v) is 23.4. The van der Waals surface area contributed by atoms with Crippen LogP contribution in [0.1, 0.15) is 35.6 Å². The van der Waals surface area contributed by atoms with Crippen LogP contribution in [0.25, 0.3) is 11.1 Å². The third kappa shape index (κ3) is 3.80. The summed E-state index contributed by atoms with van der Waals surface area (Å²) in [6.45, 7) is 2.27. The van der Waals surface area contributed by atoms with Crippen LogP contribution in [0.2, 0.25) is 9.26 Å². The van der Waals surface area contributed by atoms with E-state index in [0.717, 1.165) is 12.8 Å². The van der Waals surface area contributed by atoms with Crippen molar-refractivity contribution in [1.82, 2.24) is 0 Å². The van der Waals surface area contributed by atoms with Gasteiger partial charge in [-0.1, -0.05) is 0 Å². The summed E-state index contributed by atoms with van der Waals surface area (Å²) in [4.78, 5) is 2.36. The van der Waals surface area contributed by atoms with E-state index in [1.165, 1.54) is 39.1 Å². The van der Waals surface area contributed by atoms with Gasteiger partial charge in [-0.15, -0.1) is 0 Å². The molecule has 0 amide bonds. The molecule has 0 atom stereocenters. The van der Waals surface area contributed by atoms with Gasteiger partial charge in [0.25, 0.3) is 0 Å². The topological polar surface area (TPSA) is 3.24 Å². The maximum absolute atomic E-state index is 4.29. The SMILES string of the molecule is CC1=CC[C]([Zr]([CH3])([CH3])(=[C](c2ccccc2)c2ccccc2)[c]2c(N(C)C)ccc3c2Cc2ccccc2-3)=C1. The second kappa shape index (κ2) is 9.28. The molecule has 38 heavy (non-hydrogen) atoms. The second-order valence-electron chi connectivity index (χ2n) is 12.0. The van der Waals surface area contributed by atoms with Gasteiger partial charge >= 0.3 is 230 Å². The third-order valence-corrected chi connectivity index (χ3v) is 24.8. The van der Waals surface area contributed by atoms with Gasteiger partial charge in [0.2, 0.25) is 0 Å². The zero-order chi connectivity index (χ0) is 26.5. The van der Waals surface area contributed by atoms with Crippen molar-refractivity contribution in [2.24, 2.45) is 0 Å². The van der Waals surface area contributed by atoms with Gasteiger partial charge in [-0.2, -0.15) is 0 Å². The van der Waals surface area contributed by atoms with Crippen LogP contribution in [-0.2, 0) is 24.7 Å². The first-order chi connectivity index (χ1) is 18.3. The van der Waals surface area contributed by atoms with Gasteiger partial charge in [0, 0.05) is 0 Å². The Morgan fingerprint density at radius 1 is 0.711 bits per heavy atom. The van der Waals surface area contributed by atoms with E-state index in [4.69, 9.17) is 0 Å². The zero-order valence-electron chi connectivity index (χ0n) is 23.3. The molecule has 0 saturated heterocycles. The molecule has 0 N–H and O–H groups in total. The van der Waals surface area contributed by atoms with Crippen molar-refractivity contribution in [3.8, 4) is 11.1 Å². The van der Waals surface area contributed by atoms with Crippen molar-refractivity contribution in [1.29, 1.82) is 0 Å². The van der Waals surface area contributed by atoms with Crippen LogP contribution in [-0.4, -0.2) is 17.3 Å².